The van der Waals surface area contributed by atoms with Crippen LogP contribution in [0.25, 0.3) is 0 Å². The van der Waals surface area contributed by atoms with Gasteiger partial charge in [-0.1, -0.05) is 19.9 Å². The Morgan fingerprint density at radius 1 is 1.09 bits per heavy atom. The average molecular weight is 605 g/mol. The Morgan fingerprint density at radius 3 is 2.42 bits per heavy atom. The van der Waals surface area contributed by atoms with Crippen molar-refractivity contribution in [3.8, 4) is 17.6 Å². The van der Waals surface area contributed by atoms with Crippen molar-refractivity contribution < 1.29 is 32.2 Å². The molecular weight excluding hydrogens is 557 g/mol. The van der Waals surface area contributed by atoms with E-state index < -0.39 is 11.7 Å². The van der Waals surface area contributed by atoms with E-state index in [1.807, 2.05) is 40.7 Å². The summed E-state index contributed by atoms with van der Waals surface area (Å²) in [6.07, 6.45) is 2.43. The van der Waals surface area contributed by atoms with Crippen LogP contribution in [0.4, 0.5) is 18.9 Å². The van der Waals surface area contributed by atoms with Gasteiger partial charge in [-0.3, -0.25) is 4.79 Å². The summed E-state index contributed by atoms with van der Waals surface area (Å²) in [6, 6.07) is 3.75. The molecule has 3 atom stereocenters. The molecule has 2 saturated heterocycles. The Balaban J connectivity index is 0.000000733. The van der Waals surface area contributed by atoms with Crippen molar-refractivity contribution in [2.24, 2.45) is 0 Å². The van der Waals surface area contributed by atoms with Gasteiger partial charge in [0, 0.05) is 43.3 Å². The van der Waals surface area contributed by atoms with Gasteiger partial charge in [0.25, 0.3) is 5.91 Å². The lowest BCUT2D eigenvalue weighted by Gasteiger charge is -2.30. The van der Waals surface area contributed by atoms with Crippen molar-refractivity contribution in [3.63, 3.8) is 0 Å². The summed E-state index contributed by atoms with van der Waals surface area (Å²) in [5, 5.41) is 3.52. The van der Waals surface area contributed by atoms with Gasteiger partial charge in [0.15, 0.2) is 0 Å². The van der Waals surface area contributed by atoms with Crippen LogP contribution in [0, 0.1) is 11.8 Å². The van der Waals surface area contributed by atoms with Crippen LogP contribution in [0.15, 0.2) is 54.3 Å². The number of carbonyl (C=O) groups excluding carboxylic acids is 1. The molecule has 5 rings (SSSR count). The molecule has 43 heavy (non-hydrogen) atoms. The molecule has 3 aliphatic heterocycles. The quantitative estimate of drug-likeness (QED) is 0.268. The second-order valence-electron chi connectivity index (χ2n) is 10.2. The maximum absolute atomic E-state index is 13.7. The Hall–Kier alpha value is -3.22. The summed E-state index contributed by atoms with van der Waals surface area (Å²) in [7, 11) is 0. The van der Waals surface area contributed by atoms with Gasteiger partial charge in [-0.2, -0.15) is 13.2 Å². The lowest BCUT2D eigenvalue weighted by atomic mass is 9.95. The fourth-order valence-electron chi connectivity index (χ4n) is 5.27. The molecule has 0 radical (unpaired) electrons. The minimum absolute atomic E-state index is 0.0908. The summed E-state index contributed by atoms with van der Waals surface area (Å²) in [6.45, 7) is 17.4. The third-order valence-corrected chi connectivity index (χ3v) is 7.31. The van der Waals surface area contributed by atoms with Gasteiger partial charge in [0.1, 0.15) is 12.4 Å². The van der Waals surface area contributed by atoms with E-state index in [0.29, 0.717) is 25.2 Å². The third kappa shape index (κ3) is 10.2. The predicted octanol–water partition coefficient (Wildman–Crippen LogP) is 7.60. The lowest BCUT2D eigenvalue weighted by molar-refractivity contribution is -0.137. The van der Waals surface area contributed by atoms with Crippen molar-refractivity contribution in [2.45, 2.75) is 97.6 Å². The van der Waals surface area contributed by atoms with Crippen LogP contribution in [-0.2, 0) is 20.4 Å². The summed E-state index contributed by atoms with van der Waals surface area (Å²) in [5.41, 5.74) is 1.70. The van der Waals surface area contributed by atoms with Crippen LogP contribution in [-0.4, -0.2) is 50.5 Å². The van der Waals surface area contributed by atoms with Crippen LogP contribution >= 0.6 is 0 Å². The van der Waals surface area contributed by atoms with Gasteiger partial charge in [0.2, 0.25) is 0 Å². The fourth-order valence-corrected chi connectivity index (χ4v) is 5.27. The Morgan fingerprint density at radius 2 is 1.81 bits per heavy atom. The minimum atomic E-state index is -4.56. The summed E-state index contributed by atoms with van der Waals surface area (Å²) in [5.74, 6) is 5.18. The SMILES string of the molecule is C=C.CC.CC#CC.CC1CC(NC2=CCCC3=C2C(=O)N(c2cc(OCC4CCCO4)cc(C(F)(F)F)c2)C3)CCO1. The number of nitrogens with one attached hydrogen (secondary N) is 1. The number of anilines is 1. The third-order valence-electron chi connectivity index (χ3n) is 7.31. The molecule has 1 amide bonds. The molecule has 0 saturated carbocycles. The van der Waals surface area contributed by atoms with E-state index in [9.17, 15) is 18.0 Å². The Labute approximate surface area is 255 Å². The second-order valence-corrected chi connectivity index (χ2v) is 10.2. The number of halogens is 3. The highest BCUT2D eigenvalue weighted by Crippen LogP contribution is 2.39. The van der Waals surface area contributed by atoms with E-state index in [-0.39, 0.29) is 48.7 Å². The lowest BCUT2D eigenvalue weighted by Crippen LogP contribution is -2.39. The van der Waals surface area contributed by atoms with Gasteiger partial charge in [-0.05, 0) is 77.0 Å². The number of nitrogens with zero attached hydrogens (tertiary/aromatic N) is 1. The Bertz CT molecular complexity index is 1170. The van der Waals surface area contributed by atoms with Gasteiger partial charge >= 0.3 is 6.18 Å². The molecular formula is C34H47F3N2O4. The molecule has 1 N–H and O–H groups in total. The van der Waals surface area contributed by atoms with E-state index in [2.05, 4.69) is 30.3 Å². The monoisotopic (exact) mass is 604 g/mol. The number of amides is 1. The van der Waals surface area contributed by atoms with Gasteiger partial charge in [-0.15, -0.1) is 25.0 Å². The fraction of sp³-hybridized carbons (Fsp3) is 0.559. The van der Waals surface area contributed by atoms with Crippen molar-refractivity contribution in [1.82, 2.24) is 5.32 Å². The summed E-state index contributed by atoms with van der Waals surface area (Å²) >= 11 is 0. The standard InChI is InChI=1S/C26H31F3N2O4.C4H6.C2H6.C2H4/c1-16-10-19(7-9-33-16)30-23-6-2-4-17-14-31(25(32)24(17)23)20-11-18(26(27,28)29)12-22(13-20)35-15-21-5-3-8-34-21;1-3-4-2;2*1-2/h6,11-13,16,19,21,30H,2-5,7-10,14-15H2,1H3;1-2H3;1-2H3;1-2H2. The van der Waals surface area contributed by atoms with Gasteiger partial charge in [0.05, 0.1) is 23.3 Å². The van der Waals surface area contributed by atoms with Gasteiger partial charge in [-0.25, -0.2) is 0 Å². The largest absolute Gasteiger partial charge is 0.491 e. The maximum Gasteiger partial charge on any atom is 0.416 e. The van der Waals surface area contributed by atoms with Crippen molar-refractivity contribution in [2.75, 3.05) is 31.3 Å². The number of hydrogen-bond donors (Lipinski definition) is 1. The zero-order chi connectivity index (χ0) is 32.0. The second kappa shape index (κ2) is 17.8. The highest BCUT2D eigenvalue weighted by atomic mass is 19.4. The summed E-state index contributed by atoms with van der Waals surface area (Å²) < 4.78 is 57.9. The number of ether oxygens (including phenoxy) is 3. The van der Waals surface area contributed by atoms with E-state index in [4.69, 9.17) is 14.2 Å². The molecule has 0 spiro atoms. The first-order valence-electron chi connectivity index (χ1n) is 15.1. The number of hydrogen-bond acceptors (Lipinski definition) is 5. The molecule has 1 aliphatic carbocycles. The molecule has 0 aromatic heterocycles. The van der Waals surface area contributed by atoms with Gasteiger partial charge < -0.3 is 24.4 Å². The molecule has 238 valence electrons. The number of allylic oxidation sites excluding steroid dienone is 1. The molecule has 1 aromatic carbocycles. The van der Waals surface area contributed by atoms with Crippen molar-refractivity contribution >= 4 is 11.6 Å². The molecule has 3 heterocycles. The minimum Gasteiger partial charge on any atom is -0.491 e. The Kier molecular flexibility index (Phi) is 14.9. The first kappa shape index (κ1) is 36.0. The van der Waals surface area contributed by atoms with Crippen LogP contribution in [0.2, 0.25) is 0 Å². The van der Waals surface area contributed by atoms with E-state index in [1.54, 1.807) is 0 Å². The van der Waals surface area contributed by atoms with E-state index in [0.717, 1.165) is 55.5 Å². The first-order chi connectivity index (χ1) is 20.7. The predicted molar refractivity (Wildman–Crippen MR) is 166 cm³/mol. The molecule has 1 aromatic rings. The average Bonchev–Trinajstić information content (AvgIpc) is 3.66. The normalized spacial score (nSPS) is 22.7. The maximum atomic E-state index is 13.7. The van der Waals surface area contributed by atoms with Crippen LogP contribution < -0.4 is 15.0 Å². The van der Waals surface area contributed by atoms with Crippen molar-refractivity contribution in [3.05, 3.63) is 59.8 Å². The van der Waals surface area contributed by atoms with E-state index >= 15 is 0 Å². The smallest absolute Gasteiger partial charge is 0.416 e. The van der Waals surface area contributed by atoms with Crippen LogP contribution in [0.3, 0.4) is 0 Å². The zero-order valence-corrected chi connectivity index (χ0v) is 26.2. The van der Waals surface area contributed by atoms with Crippen molar-refractivity contribution in [1.29, 1.82) is 0 Å². The first-order valence-corrected chi connectivity index (χ1v) is 15.1. The van der Waals surface area contributed by atoms with Crippen LogP contribution in [0.1, 0.15) is 78.7 Å². The molecule has 3 unspecified atom stereocenters. The highest BCUT2D eigenvalue weighted by Gasteiger charge is 2.38. The highest BCUT2D eigenvalue weighted by molar-refractivity contribution is 6.12. The topological polar surface area (TPSA) is 60.0 Å². The van der Waals surface area contributed by atoms with Crippen LogP contribution in [0.5, 0.6) is 5.75 Å². The summed E-state index contributed by atoms with van der Waals surface area (Å²) in [4.78, 5) is 15.0. The zero-order valence-electron chi connectivity index (χ0n) is 26.2. The molecule has 9 heteroatoms. The number of benzene rings is 1. The number of carbonyl (C=O) groups is 1. The molecule has 4 aliphatic rings. The number of alkyl halides is 3. The van der Waals surface area contributed by atoms with E-state index in [1.165, 1.54) is 11.0 Å². The molecule has 6 nitrogen and oxygen atoms in total. The number of rotatable bonds is 6. The molecule has 2 fully saturated rings. The molecule has 0 bridgehead atoms.